The highest BCUT2D eigenvalue weighted by Gasteiger charge is 2.25. The summed E-state index contributed by atoms with van der Waals surface area (Å²) in [7, 11) is 0. The maximum Gasteiger partial charge on any atom is 0.139 e. The van der Waals surface area contributed by atoms with Crippen molar-refractivity contribution in [1.29, 1.82) is 0 Å². The molecule has 0 saturated carbocycles. The van der Waals surface area contributed by atoms with Gasteiger partial charge in [-0.2, -0.15) is 11.8 Å². The second-order valence-electron chi connectivity index (χ2n) is 4.95. The Bertz CT molecular complexity index is 414. The smallest absolute Gasteiger partial charge is 0.139 e. The standard InChI is InChI=1S/C13H18N2S4/c16-13-15(8-12-4-2-6-18-12)9-14(10-19-13)7-11-3-1-5-17-11/h2,4,6,11H,1,3,5,7-10H2. The van der Waals surface area contributed by atoms with Crippen molar-refractivity contribution >= 4 is 51.4 Å². The minimum atomic E-state index is 0.843. The first-order valence-electron chi connectivity index (χ1n) is 6.59. The van der Waals surface area contributed by atoms with Crippen molar-refractivity contribution in [2.45, 2.75) is 24.6 Å². The van der Waals surface area contributed by atoms with E-state index in [-0.39, 0.29) is 0 Å². The molecular formula is C13H18N2S4. The Morgan fingerprint density at radius 2 is 2.37 bits per heavy atom. The molecule has 0 radical (unpaired) electrons. The minimum Gasteiger partial charge on any atom is -0.339 e. The number of nitrogens with zero attached hydrogens (tertiary/aromatic N) is 2. The van der Waals surface area contributed by atoms with Crippen LogP contribution in [0.4, 0.5) is 0 Å². The SMILES string of the molecule is S=C1SCN(CC2CCCS2)CN1Cc1cccs1. The predicted octanol–water partition coefficient (Wildman–Crippen LogP) is 3.69. The Morgan fingerprint density at radius 3 is 3.11 bits per heavy atom. The van der Waals surface area contributed by atoms with E-state index in [1.165, 1.54) is 30.0 Å². The van der Waals surface area contributed by atoms with Gasteiger partial charge >= 0.3 is 0 Å². The molecule has 2 saturated heterocycles. The summed E-state index contributed by atoms with van der Waals surface area (Å²) in [5.74, 6) is 2.42. The summed E-state index contributed by atoms with van der Waals surface area (Å²) in [6.45, 7) is 3.19. The van der Waals surface area contributed by atoms with Gasteiger partial charge in [0.15, 0.2) is 0 Å². The van der Waals surface area contributed by atoms with Crippen LogP contribution in [0.2, 0.25) is 0 Å². The fraction of sp³-hybridized carbons (Fsp3) is 0.615. The highest BCUT2D eigenvalue weighted by molar-refractivity contribution is 8.22. The number of rotatable bonds is 4. The largest absolute Gasteiger partial charge is 0.339 e. The third-order valence-electron chi connectivity index (χ3n) is 3.41. The van der Waals surface area contributed by atoms with E-state index in [0.29, 0.717) is 0 Å². The zero-order chi connectivity index (χ0) is 13.1. The van der Waals surface area contributed by atoms with Crippen molar-refractivity contribution in [3.63, 3.8) is 0 Å². The van der Waals surface area contributed by atoms with E-state index in [1.807, 2.05) is 23.1 Å². The molecule has 3 heterocycles. The molecular weight excluding hydrogens is 312 g/mol. The first-order chi connectivity index (χ1) is 9.31. The van der Waals surface area contributed by atoms with Crippen molar-refractivity contribution in [3.05, 3.63) is 22.4 Å². The molecule has 0 spiro atoms. The summed E-state index contributed by atoms with van der Waals surface area (Å²) >= 11 is 11.3. The van der Waals surface area contributed by atoms with Gasteiger partial charge in [-0.3, -0.25) is 4.90 Å². The number of thiocarbonyl (C=S) groups is 1. The third-order valence-corrected chi connectivity index (χ3v) is 7.26. The average molecular weight is 331 g/mol. The van der Waals surface area contributed by atoms with Crippen LogP contribution < -0.4 is 0 Å². The monoisotopic (exact) mass is 330 g/mol. The van der Waals surface area contributed by atoms with E-state index >= 15 is 0 Å². The number of hydrogen-bond acceptors (Lipinski definition) is 5. The van der Waals surface area contributed by atoms with E-state index < -0.39 is 0 Å². The lowest BCUT2D eigenvalue weighted by Crippen LogP contribution is -2.46. The van der Waals surface area contributed by atoms with Crippen LogP contribution in [-0.4, -0.2) is 44.2 Å². The molecule has 0 bridgehead atoms. The minimum absolute atomic E-state index is 0.843. The zero-order valence-electron chi connectivity index (χ0n) is 10.8. The van der Waals surface area contributed by atoms with Crippen molar-refractivity contribution < 1.29 is 0 Å². The fourth-order valence-corrected chi connectivity index (χ4v) is 5.57. The Balaban J connectivity index is 1.55. The van der Waals surface area contributed by atoms with Crippen LogP contribution in [0.1, 0.15) is 17.7 Å². The van der Waals surface area contributed by atoms with Crippen molar-refractivity contribution in [3.8, 4) is 0 Å². The molecule has 1 aromatic rings. The van der Waals surface area contributed by atoms with Crippen LogP contribution in [0, 0.1) is 0 Å². The molecule has 1 atom stereocenters. The van der Waals surface area contributed by atoms with Gasteiger partial charge in [-0.1, -0.05) is 30.0 Å². The second kappa shape index (κ2) is 6.80. The summed E-state index contributed by atoms with van der Waals surface area (Å²) in [4.78, 5) is 6.30. The fourth-order valence-electron chi connectivity index (χ4n) is 2.47. The Hall–Kier alpha value is 0.250. The van der Waals surface area contributed by atoms with Crippen molar-refractivity contribution in [1.82, 2.24) is 9.80 Å². The molecule has 2 fully saturated rings. The number of hydrogen-bond donors (Lipinski definition) is 0. The first-order valence-corrected chi connectivity index (χ1v) is 9.91. The summed E-state index contributed by atoms with van der Waals surface area (Å²) in [5, 5.41) is 2.98. The Labute approximate surface area is 132 Å². The number of thiophene rings is 1. The van der Waals surface area contributed by atoms with Crippen LogP contribution in [-0.2, 0) is 6.54 Å². The first kappa shape index (κ1) is 14.2. The van der Waals surface area contributed by atoms with Gasteiger partial charge < -0.3 is 4.90 Å². The van der Waals surface area contributed by atoms with Crippen LogP contribution in [0.25, 0.3) is 0 Å². The van der Waals surface area contributed by atoms with E-state index in [2.05, 4.69) is 39.1 Å². The Kier molecular flexibility index (Phi) is 5.08. The molecule has 1 aromatic heterocycles. The highest BCUT2D eigenvalue weighted by atomic mass is 32.2. The van der Waals surface area contributed by atoms with Crippen LogP contribution in [0.5, 0.6) is 0 Å². The van der Waals surface area contributed by atoms with Gasteiger partial charge in [0, 0.05) is 16.7 Å². The molecule has 0 aromatic carbocycles. The molecule has 3 rings (SSSR count). The van der Waals surface area contributed by atoms with Gasteiger partial charge in [0.1, 0.15) is 4.32 Å². The zero-order valence-corrected chi connectivity index (χ0v) is 14.1. The summed E-state index contributed by atoms with van der Waals surface area (Å²) in [5.41, 5.74) is 0. The van der Waals surface area contributed by atoms with Crippen LogP contribution in [0.15, 0.2) is 17.5 Å². The summed E-state index contributed by atoms with van der Waals surface area (Å²) < 4.78 is 1.06. The molecule has 0 amide bonds. The van der Waals surface area contributed by atoms with Crippen LogP contribution >= 0.6 is 47.1 Å². The van der Waals surface area contributed by atoms with Gasteiger partial charge in [0.25, 0.3) is 0 Å². The lowest BCUT2D eigenvalue weighted by Gasteiger charge is -2.37. The van der Waals surface area contributed by atoms with E-state index in [9.17, 15) is 0 Å². The molecule has 6 heteroatoms. The molecule has 2 aliphatic rings. The van der Waals surface area contributed by atoms with E-state index in [4.69, 9.17) is 12.2 Å². The van der Waals surface area contributed by atoms with Crippen LogP contribution in [0.3, 0.4) is 0 Å². The highest BCUT2D eigenvalue weighted by Crippen LogP contribution is 2.29. The average Bonchev–Trinajstić information content (AvgIpc) is 3.07. The molecule has 1 unspecified atom stereocenters. The molecule has 104 valence electrons. The molecule has 2 aliphatic heterocycles. The molecule has 0 N–H and O–H groups in total. The third kappa shape index (κ3) is 3.88. The number of thioether (sulfide) groups is 2. The quantitative estimate of drug-likeness (QED) is 0.774. The normalized spacial score (nSPS) is 25.2. The van der Waals surface area contributed by atoms with Crippen molar-refractivity contribution in [2.24, 2.45) is 0 Å². The lowest BCUT2D eigenvalue weighted by atomic mass is 10.2. The molecule has 0 aliphatic carbocycles. The molecule has 2 nitrogen and oxygen atoms in total. The van der Waals surface area contributed by atoms with E-state index in [1.54, 1.807) is 0 Å². The summed E-state index contributed by atoms with van der Waals surface area (Å²) in [6.07, 6.45) is 2.79. The predicted molar refractivity (Wildman–Crippen MR) is 92.0 cm³/mol. The topological polar surface area (TPSA) is 6.48 Å². The summed E-state index contributed by atoms with van der Waals surface area (Å²) in [6, 6.07) is 4.32. The lowest BCUT2D eigenvalue weighted by molar-refractivity contribution is 0.208. The maximum atomic E-state index is 5.50. The van der Waals surface area contributed by atoms with Crippen molar-refractivity contribution in [2.75, 3.05) is 24.8 Å². The van der Waals surface area contributed by atoms with E-state index in [0.717, 1.165) is 28.7 Å². The van der Waals surface area contributed by atoms with Gasteiger partial charge in [-0.15, -0.1) is 11.3 Å². The maximum absolute atomic E-state index is 5.50. The molecule has 19 heavy (non-hydrogen) atoms. The van der Waals surface area contributed by atoms with Gasteiger partial charge in [-0.25, -0.2) is 0 Å². The second-order valence-corrected chi connectivity index (χ2v) is 8.97. The van der Waals surface area contributed by atoms with Gasteiger partial charge in [0.2, 0.25) is 0 Å². The van der Waals surface area contributed by atoms with Gasteiger partial charge in [-0.05, 0) is 30.0 Å². The Morgan fingerprint density at radius 1 is 1.42 bits per heavy atom. The van der Waals surface area contributed by atoms with Gasteiger partial charge in [0.05, 0.1) is 19.1 Å².